The number of rotatable bonds is 1. The quantitative estimate of drug-likeness (QED) is 0.764. The van der Waals surface area contributed by atoms with E-state index in [1.54, 1.807) is 18.2 Å². The Morgan fingerprint density at radius 2 is 1.82 bits per heavy atom. The van der Waals surface area contributed by atoms with E-state index in [2.05, 4.69) is 0 Å². The molecule has 1 heterocycles. The van der Waals surface area contributed by atoms with Crippen LogP contribution in [0.25, 0.3) is 0 Å². The second-order valence-corrected chi connectivity index (χ2v) is 3.90. The van der Waals surface area contributed by atoms with Crippen LogP contribution in [0.3, 0.4) is 0 Å². The van der Waals surface area contributed by atoms with E-state index in [0.29, 0.717) is 0 Å². The Hall–Kier alpha value is -1.56. The number of hydrogen-bond acceptors (Lipinski definition) is 2. The summed E-state index contributed by atoms with van der Waals surface area (Å²) in [5, 5.41) is 10.1. The summed E-state index contributed by atoms with van der Waals surface area (Å²) in [7, 11) is 0. The average molecular weight is 245 g/mol. The third-order valence-electron chi connectivity index (χ3n) is 2.85. The molecular formula is C11H10F3NO2. The zero-order valence-electron chi connectivity index (χ0n) is 8.74. The predicted molar refractivity (Wildman–Crippen MR) is 52.7 cm³/mol. The Kier molecular flexibility index (Phi) is 2.61. The van der Waals surface area contributed by atoms with Crippen LogP contribution in [0.1, 0.15) is 12.0 Å². The number of amides is 1. The molecule has 1 N–H and O–H groups in total. The van der Waals surface area contributed by atoms with Crippen molar-refractivity contribution in [3.8, 4) is 0 Å². The van der Waals surface area contributed by atoms with Crippen molar-refractivity contribution in [1.29, 1.82) is 0 Å². The fraction of sp³-hybridized carbons (Fsp3) is 0.364. The summed E-state index contributed by atoms with van der Waals surface area (Å²) in [6, 6.07) is 7.68. The molecule has 1 amide bonds. The van der Waals surface area contributed by atoms with E-state index in [4.69, 9.17) is 0 Å². The molecule has 6 heteroatoms. The molecule has 3 nitrogen and oxygen atoms in total. The maximum atomic E-state index is 12.5. The first-order valence-electron chi connectivity index (χ1n) is 5.02. The van der Waals surface area contributed by atoms with E-state index in [9.17, 15) is 23.1 Å². The molecule has 1 aromatic rings. The molecule has 1 aliphatic heterocycles. The number of benzene rings is 1. The van der Waals surface area contributed by atoms with Crippen molar-refractivity contribution in [1.82, 2.24) is 4.90 Å². The van der Waals surface area contributed by atoms with Crippen molar-refractivity contribution < 1.29 is 23.1 Å². The van der Waals surface area contributed by atoms with Gasteiger partial charge >= 0.3 is 6.30 Å². The molecule has 0 radical (unpaired) electrons. The largest absolute Gasteiger partial charge is 0.487 e. The molecule has 1 aliphatic rings. The molecule has 1 saturated heterocycles. The van der Waals surface area contributed by atoms with Gasteiger partial charge in [-0.2, -0.15) is 0 Å². The zero-order valence-corrected chi connectivity index (χ0v) is 8.74. The van der Waals surface area contributed by atoms with Crippen LogP contribution < -0.4 is 0 Å². The lowest BCUT2D eigenvalue weighted by Gasteiger charge is -2.23. The molecular weight excluding hydrogens is 235 g/mol. The van der Waals surface area contributed by atoms with Crippen LogP contribution in [0, 0.1) is 0 Å². The first-order chi connectivity index (χ1) is 7.86. The molecule has 0 spiro atoms. The minimum absolute atomic E-state index is 0.191. The van der Waals surface area contributed by atoms with Crippen molar-refractivity contribution in [2.75, 3.05) is 6.54 Å². The van der Waals surface area contributed by atoms with Gasteiger partial charge in [0.25, 0.3) is 5.91 Å². The molecule has 0 bridgehead atoms. The standard InChI is InChI=1S/C11H10F3NO2/c12-11(13,14)15-7-6-10(17,9(15)16)8-4-2-1-3-5-8/h1-5,17H,6-7H2/t10-/m1/s1. The number of aliphatic hydroxyl groups is 1. The second kappa shape index (κ2) is 3.73. The van der Waals surface area contributed by atoms with Gasteiger partial charge in [0, 0.05) is 13.0 Å². The lowest BCUT2D eigenvalue weighted by molar-refractivity contribution is -0.237. The maximum absolute atomic E-state index is 12.5. The monoisotopic (exact) mass is 245 g/mol. The van der Waals surface area contributed by atoms with E-state index < -0.39 is 24.4 Å². The van der Waals surface area contributed by atoms with E-state index in [-0.39, 0.29) is 16.9 Å². The van der Waals surface area contributed by atoms with Crippen molar-refractivity contribution in [3.63, 3.8) is 0 Å². The van der Waals surface area contributed by atoms with Crippen molar-refractivity contribution in [2.45, 2.75) is 18.3 Å². The molecule has 17 heavy (non-hydrogen) atoms. The molecule has 1 fully saturated rings. The van der Waals surface area contributed by atoms with Crippen LogP contribution in [0.4, 0.5) is 13.2 Å². The zero-order chi connectivity index (χ0) is 12.7. The molecule has 0 aromatic heterocycles. The van der Waals surface area contributed by atoms with Crippen LogP contribution in [-0.4, -0.2) is 28.8 Å². The van der Waals surface area contributed by atoms with Crippen LogP contribution >= 0.6 is 0 Å². The number of carbonyl (C=O) groups is 1. The van der Waals surface area contributed by atoms with Crippen LogP contribution in [0.2, 0.25) is 0 Å². The van der Waals surface area contributed by atoms with E-state index in [1.807, 2.05) is 0 Å². The van der Waals surface area contributed by atoms with Crippen molar-refractivity contribution >= 4 is 5.91 Å². The Balaban J connectivity index is 2.34. The molecule has 0 aliphatic carbocycles. The number of nitrogens with zero attached hydrogens (tertiary/aromatic N) is 1. The Morgan fingerprint density at radius 1 is 1.24 bits per heavy atom. The molecule has 1 aromatic carbocycles. The van der Waals surface area contributed by atoms with Gasteiger partial charge in [0.05, 0.1) is 0 Å². The number of halogens is 3. The van der Waals surface area contributed by atoms with Crippen LogP contribution in [-0.2, 0) is 10.4 Å². The van der Waals surface area contributed by atoms with Crippen molar-refractivity contribution in [2.24, 2.45) is 0 Å². The fourth-order valence-corrected chi connectivity index (χ4v) is 1.93. The Labute approximate surface area is 95.5 Å². The van der Waals surface area contributed by atoms with Gasteiger partial charge in [0.15, 0.2) is 5.60 Å². The highest BCUT2D eigenvalue weighted by Gasteiger charge is 2.55. The van der Waals surface area contributed by atoms with E-state index >= 15 is 0 Å². The van der Waals surface area contributed by atoms with Gasteiger partial charge in [0.1, 0.15) is 0 Å². The summed E-state index contributed by atoms with van der Waals surface area (Å²) in [6.07, 6.45) is -4.99. The van der Waals surface area contributed by atoms with E-state index in [0.717, 1.165) is 0 Å². The summed E-state index contributed by atoms with van der Waals surface area (Å²) in [6.45, 7) is -0.520. The first kappa shape index (κ1) is 11.9. The lowest BCUT2D eigenvalue weighted by Crippen LogP contribution is -2.44. The number of hydrogen-bond donors (Lipinski definition) is 1. The fourth-order valence-electron chi connectivity index (χ4n) is 1.93. The maximum Gasteiger partial charge on any atom is 0.487 e. The van der Waals surface area contributed by atoms with Gasteiger partial charge in [-0.05, 0) is 5.56 Å². The molecule has 0 unspecified atom stereocenters. The van der Waals surface area contributed by atoms with Crippen LogP contribution in [0.5, 0.6) is 0 Å². The molecule has 2 rings (SSSR count). The van der Waals surface area contributed by atoms with Gasteiger partial charge in [-0.15, -0.1) is 13.2 Å². The van der Waals surface area contributed by atoms with Gasteiger partial charge in [-0.25, -0.2) is 0 Å². The van der Waals surface area contributed by atoms with Gasteiger partial charge in [0.2, 0.25) is 0 Å². The normalized spacial score (nSPS) is 25.4. The highest BCUT2D eigenvalue weighted by Crippen LogP contribution is 2.38. The molecule has 1 atom stereocenters. The Bertz CT molecular complexity index is 432. The minimum atomic E-state index is -4.74. The number of alkyl halides is 3. The highest BCUT2D eigenvalue weighted by molar-refractivity contribution is 5.88. The van der Waals surface area contributed by atoms with Gasteiger partial charge in [-0.3, -0.25) is 9.69 Å². The number of carbonyl (C=O) groups excluding carboxylic acids is 1. The topological polar surface area (TPSA) is 40.5 Å². The lowest BCUT2D eigenvalue weighted by atomic mass is 9.92. The summed E-state index contributed by atoms with van der Waals surface area (Å²) in [5.74, 6) is -1.31. The van der Waals surface area contributed by atoms with Gasteiger partial charge < -0.3 is 5.11 Å². The average Bonchev–Trinajstić information content (AvgIpc) is 2.58. The van der Waals surface area contributed by atoms with Gasteiger partial charge in [-0.1, -0.05) is 30.3 Å². The SMILES string of the molecule is O=C1N(C(F)(F)F)CC[C@@]1(O)c1ccccc1. The molecule has 0 saturated carbocycles. The highest BCUT2D eigenvalue weighted by atomic mass is 19.4. The van der Waals surface area contributed by atoms with Crippen molar-refractivity contribution in [3.05, 3.63) is 35.9 Å². The second-order valence-electron chi connectivity index (χ2n) is 3.90. The summed E-state index contributed by atoms with van der Waals surface area (Å²) >= 11 is 0. The molecule has 92 valence electrons. The predicted octanol–water partition coefficient (Wildman–Crippen LogP) is 1.63. The third-order valence-corrected chi connectivity index (χ3v) is 2.85. The number of likely N-dealkylation sites (tertiary alicyclic amines) is 1. The van der Waals surface area contributed by atoms with Crippen LogP contribution in [0.15, 0.2) is 30.3 Å². The summed E-state index contributed by atoms with van der Waals surface area (Å²) in [4.78, 5) is 11.4. The Morgan fingerprint density at radius 3 is 2.29 bits per heavy atom. The first-order valence-corrected chi connectivity index (χ1v) is 5.02. The third kappa shape index (κ3) is 1.88. The summed E-state index contributed by atoms with van der Waals surface area (Å²) in [5.41, 5.74) is -1.87. The van der Waals surface area contributed by atoms with E-state index in [1.165, 1.54) is 12.1 Å². The summed E-state index contributed by atoms with van der Waals surface area (Å²) < 4.78 is 37.4. The minimum Gasteiger partial charge on any atom is -0.375 e. The smallest absolute Gasteiger partial charge is 0.375 e.